The summed E-state index contributed by atoms with van der Waals surface area (Å²) in [6.07, 6.45) is 8.40. The lowest BCUT2D eigenvalue weighted by Crippen LogP contribution is -2.29. The molecule has 1 heteroatoms. The van der Waals surface area contributed by atoms with Gasteiger partial charge in [-0.2, -0.15) is 0 Å². The van der Waals surface area contributed by atoms with Crippen LogP contribution in [0.25, 0.3) is 0 Å². The second kappa shape index (κ2) is 8.31. The van der Waals surface area contributed by atoms with Gasteiger partial charge in [-0.15, -0.1) is 0 Å². The normalized spacial score (nSPS) is 11.7. The molecular weight excluding hydrogens is 220 g/mol. The highest BCUT2D eigenvalue weighted by atomic mass is 16.3. The van der Waals surface area contributed by atoms with Crippen LogP contribution in [0.4, 0.5) is 0 Å². The SMILES string of the molecule is CCCCC(O)(CCCC)CCc1ccccc1. The Balaban J connectivity index is 2.49. The van der Waals surface area contributed by atoms with Crippen molar-refractivity contribution in [2.45, 2.75) is 70.8 Å². The van der Waals surface area contributed by atoms with Crippen molar-refractivity contribution in [2.75, 3.05) is 0 Å². The molecule has 1 N–H and O–H groups in total. The number of hydrogen-bond acceptors (Lipinski definition) is 1. The Morgan fingerprint density at radius 2 is 1.44 bits per heavy atom. The van der Waals surface area contributed by atoms with Crippen LogP contribution in [0.1, 0.15) is 64.4 Å². The highest BCUT2D eigenvalue weighted by Crippen LogP contribution is 2.26. The lowest BCUT2D eigenvalue weighted by Gasteiger charge is -2.28. The molecule has 0 radical (unpaired) electrons. The van der Waals surface area contributed by atoms with Gasteiger partial charge in [0, 0.05) is 0 Å². The average Bonchev–Trinajstić information content (AvgIpc) is 2.42. The predicted molar refractivity (Wildman–Crippen MR) is 78.8 cm³/mol. The predicted octanol–water partition coefficient (Wildman–Crippen LogP) is 4.73. The van der Waals surface area contributed by atoms with Crippen molar-refractivity contribution in [2.24, 2.45) is 0 Å². The molecule has 0 aliphatic carbocycles. The molecular formula is C17H28O. The van der Waals surface area contributed by atoms with Crippen LogP contribution in [0.2, 0.25) is 0 Å². The van der Waals surface area contributed by atoms with E-state index in [0.717, 1.165) is 38.5 Å². The Hall–Kier alpha value is -0.820. The lowest BCUT2D eigenvalue weighted by atomic mass is 9.85. The molecule has 18 heavy (non-hydrogen) atoms. The number of unbranched alkanes of at least 4 members (excludes halogenated alkanes) is 2. The molecule has 0 fully saturated rings. The molecule has 0 spiro atoms. The van der Waals surface area contributed by atoms with Crippen LogP contribution in [0.5, 0.6) is 0 Å². The van der Waals surface area contributed by atoms with E-state index in [4.69, 9.17) is 0 Å². The molecule has 0 unspecified atom stereocenters. The first kappa shape index (κ1) is 15.2. The topological polar surface area (TPSA) is 20.2 Å². The summed E-state index contributed by atoms with van der Waals surface area (Å²) in [7, 11) is 0. The summed E-state index contributed by atoms with van der Waals surface area (Å²) < 4.78 is 0. The number of benzene rings is 1. The molecule has 0 aliphatic rings. The van der Waals surface area contributed by atoms with Crippen molar-refractivity contribution in [1.29, 1.82) is 0 Å². The van der Waals surface area contributed by atoms with E-state index < -0.39 is 5.60 Å². The standard InChI is InChI=1S/C17H28O/c1-3-5-13-17(18,14-6-4-2)15-12-16-10-8-7-9-11-16/h7-11,18H,3-6,12-15H2,1-2H3. The quantitative estimate of drug-likeness (QED) is 0.670. The van der Waals surface area contributed by atoms with Gasteiger partial charge >= 0.3 is 0 Å². The van der Waals surface area contributed by atoms with Gasteiger partial charge in [-0.1, -0.05) is 69.9 Å². The Morgan fingerprint density at radius 1 is 0.889 bits per heavy atom. The number of aliphatic hydroxyl groups is 1. The second-order valence-corrected chi connectivity index (χ2v) is 5.42. The Kier molecular flexibility index (Phi) is 7.04. The zero-order valence-electron chi connectivity index (χ0n) is 12.0. The van der Waals surface area contributed by atoms with Gasteiger partial charge < -0.3 is 5.11 Å². The molecule has 1 aromatic rings. The first-order valence-electron chi connectivity index (χ1n) is 7.46. The van der Waals surface area contributed by atoms with Crippen LogP contribution in [0.15, 0.2) is 30.3 Å². The van der Waals surface area contributed by atoms with Crippen molar-refractivity contribution >= 4 is 0 Å². The van der Waals surface area contributed by atoms with Gasteiger partial charge in [0.25, 0.3) is 0 Å². The summed E-state index contributed by atoms with van der Waals surface area (Å²) in [5, 5.41) is 10.7. The van der Waals surface area contributed by atoms with Gasteiger partial charge in [-0.3, -0.25) is 0 Å². The fraction of sp³-hybridized carbons (Fsp3) is 0.647. The molecule has 0 amide bonds. The van der Waals surface area contributed by atoms with Gasteiger partial charge in [0.15, 0.2) is 0 Å². The largest absolute Gasteiger partial charge is 0.390 e. The van der Waals surface area contributed by atoms with Crippen LogP contribution in [-0.4, -0.2) is 10.7 Å². The Morgan fingerprint density at radius 3 is 1.94 bits per heavy atom. The van der Waals surface area contributed by atoms with Crippen LogP contribution < -0.4 is 0 Å². The van der Waals surface area contributed by atoms with Crippen molar-refractivity contribution in [3.05, 3.63) is 35.9 Å². The van der Waals surface area contributed by atoms with Gasteiger partial charge in [0.05, 0.1) is 5.60 Å². The van der Waals surface area contributed by atoms with E-state index in [-0.39, 0.29) is 0 Å². The maximum absolute atomic E-state index is 10.7. The van der Waals surface area contributed by atoms with E-state index in [1.165, 1.54) is 18.4 Å². The molecule has 0 aromatic heterocycles. The molecule has 1 nitrogen and oxygen atoms in total. The van der Waals surface area contributed by atoms with Crippen molar-refractivity contribution in [3.63, 3.8) is 0 Å². The lowest BCUT2D eigenvalue weighted by molar-refractivity contribution is 0.0105. The van der Waals surface area contributed by atoms with Gasteiger partial charge in [-0.05, 0) is 31.2 Å². The minimum atomic E-state index is -0.443. The molecule has 102 valence electrons. The first-order chi connectivity index (χ1) is 8.70. The molecule has 0 aliphatic heterocycles. The molecule has 0 saturated carbocycles. The Labute approximate surface area is 112 Å². The maximum Gasteiger partial charge on any atom is 0.0651 e. The monoisotopic (exact) mass is 248 g/mol. The summed E-state index contributed by atoms with van der Waals surface area (Å²) in [6, 6.07) is 10.5. The van der Waals surface area contributed by atoms with Crippen LogP contribution in [0.3, 0.4) is 0 Å². The summed E-state index contributed by atoms with van der Waals surface area (Å²) in [5.74, 6) is 0. The minimum absolute atomic E-state index is 0.443. The maximum atomic E-state index is 10.7. The molecule has 0 heterocycles. The molecule has 1 rings (SSSR count). The second-order valence-electron chi connectivity index (χ2n) is 5.42. The summed E-state index contributed by atoms with van der Waals surface area (Å²) in [4.78, 5) is 0. The summed E-state index contributed by atoms with van der Waals surface area (Å²) in [5.41, 5.74) is 0.894. The molecule has 1 aromatic carbocycles. The zero-order chi connectivity index (χ0) is 13.3. The van der Waals surface area contributed by atoms with Crippen LogP contribution in [-0.2, 0) is 6.42 Å². The molecule has 0 atom stereocenters. The molecule has 0 saturated heterocycles. The van der Waals surface area contributed by atoms with E-state index in [2.05, 4.69) is 38.1 Å². The van der Waals surface area contributed by atoms with Gasteiger partial charge in [-0.25, -0.2) is 0 Å². The highest BCUT2D eigenvalue weighted by molar-refractivity contribution is 5.15. The third-order valence-electron chi connectivity index (χ3n) is 3.71. The van der Waals surface area contributed by atoms with E-state index in [0.29, 0.717) is 0 Å². The first-order valence-corrected chi connectivity index (χ1v) is 7.46. The molecule has 0 bridgehead atoms. The number of aryl methyl sites for hydroxylation is 1. The van der Waals surface area contributed by atoms with E-state index in [1.54, 1.807) is 0 Å². The van der Waals surface area contributed by atoms with Crippen molar-refractivity contribution in [3.8, 4) is 0 Å². The third-order valence-corrected chi connectivity index (χ3v) is 3.71. The Bertz CT molecular complexity index is 297. The van der Waals surface area contributed by atoms with Gasteiger partial charge in [0.1, 0.15) is 0 Å². The zero-order valence-corrected chi connectivity index (χ0v) is 12.0. The summed E-state index contributed by atoms with van der Waals surface area (Å²) >= 11 is 0. The van der Waals surface area contributed by atoms with Crippen LogP contribution >= 0.6 is 0 Å². The average molecular weight is 248 g/mol. The smallest absolute Gasteiger partial charge is 0.0651 e. The van der Waals surface area contributed by atoms with Crippen molar-refractivity contribution in [1.82, 2.24) is 0 Å². The van der Waals surface area contributed by atoms with Gasteiger partial charge in [0.2, 0.25) is 0 Å². The van der Waals surface area contributed by atoms with E-state index in [1.807, 2.05) is 6.07 Å². The highest BCUT2D eigenvalue weighted by Gasteiger charge is 2.24. The number of rotatable bonds is 9. The fourth-order valence-corrected chi connectivity index (χ4v) is 2.41. The van der Waals surface area contributed by atoms with Crippen LogP contribution in [0, 0.1) is 0 Å². The number of hydrogen-bond donors (Lipinski definition) is 1. The van der Waals surface area contributed by atoms with E-state index >= 15 is 0 Å². The fourth-order valence-electron chi connectivity index (χ4n) is 2.41. The minimum Gasteiger partial charge on any atom is -0.390 e. The van der Waals surface area contributed by atoms with Crippen molar-refractivity contribution < 1.29 is 5.11 Å². The third kappa shape index (κ3) is 5.68. The summed E-state index contributed by atoms with van der Waals surface area (Å²) in [6.45, 7) is 4.38. The van der Waals surface area contributed by atoms with E-state index in [9.17, 15) is 5.11 Å².